The maximum atomic E-state index is 12.0. The summed E-state index contributed by atoms with van der Waals surface area (Å²) in [6.07, 6.45) is 1.48. The lowest BCUT2D eigenvalue weighted by Crippen LogP contribution is -2.21. The minimum absolute atomic E-state index is 0.0147. The third-order valence-electron chi connectivity index (χ3n) is 2.80. The molecule has 0 radical (unpaired) electrons. The highest BCUT2D eigenvalue weighted by molar-refractivity contribution is 5.94. The molecule has 21 heavy (non-hydrogen) atoms. The Morgan fingerprint density at radius 1 is 1.14 bits per heavy atom. The lowest BCUT2D eigenvalue weighted by atomic mass is 10.2. The van der Waals surface area contributed by atoms with Crippen LogP contribution in [0.25, 0.3) is 0 Å². The minimum atomic E-state index is -0.466. The summed E-state index contributed by atoms with van der Waals surface area (Å²) in [6.45, 7) is 0. The molecule has 0 heterocycles. The predicted octanol–water partition coefficient (Wildman–Crippen LogP) is 2.70. The van der Waals surface area contributed by atoms with Crippen LogP contribution in [0.2, 0.25) is 0 Å². The van der Waals surface area contributed by atoms with Crippen LogP contribution in [0.5, 0.6) is 0 Å². The summed E-state index contributed by atoms with van der Waals surface area (Å²) in [5, 5.41) is 15.8. The topological polar surface area (TPSA) is 75.8 Å². The standard InChI is InChI=1S/C15H13N3O3/c1-17(15(19)13-5-3-2-4-6-13)16-11-12-7-9-14(10-8-12)18(20)21/h2-11H,1H3/b16-11+. The van der Waals surface area contributed by atoms with Crippen molar-refractivity contribution in [3.8, 4) is 0 Å². The van der Waals surface area contributed by atoms with Crippen molar-refractivity contribution in [2.75, 3.05) is 7.05 Å². The van der Waals surface area contributed by atoms with Crippen LogP contribution < -0.4 is 0 Å². The molecule has 0 N–H and O–H groups in total. The fourth-order valence-electron chi connectivity index (χ4n) is 1.66. The van der Waals surface area contributed by atoms with Gasteiger partial charge in [-0.1, -0.05) is 18.2 Å². The maximum absolute atomic E-state index is 12.0. The molecule has 2 aromatic rings. The molecule has 0 saturated heterocycles. The lowest BCUT2D eigenvalue weighted by molar-refractivity contribution is -0.384. The van der Waals surface area contributed by atoms with E-state index in [1.807, 2.05) is 6.07 Å². The summed E-state index contributed by atoms with van der Waals surface area (Å²) in [6, 6.07) is 14.7. The van der Waals surface area contributed by atoms with Crippen LogP contribution in [-0.2, 0) is 0 Å². The average Bonchev–Trinajstić information content (AvgIpc) is 2.53. The summed E-state index contributed by atoms with van der Waals surface area (Å²) in [5.74, 6) is -0.228. The monoisotopic (exact) mass is 283 g/mol. The molecule has 0 unspecified atom stereocenters. The number of benzene rings is 2. The third-order valence-corrected chi connectivity index (χ3v) is 2.80. The Morgan fingerprint density at radius 3 is 2.33 bits per heavy atom. The SMILES string of the molecule is CN(/N=C/c1ccc([N+](=O)[O-])cc1)C(=O)c1ccccc1. The number of hydrogen-bond acceptors (Lipinski definition) is 4. The molecule has 6 nitrogen and oxygen atoms in total. The molecule has 2 rings (SSSR count). The number of nitrogens with zero attached hydrogens (tertiary/aromatic N) is 3. The summed E-state index contributed by atoms with van der Waals surface area (Å²) in [4.78, 5) is 22.1. The largest absolute Gasteiger partial charge is 0.273 e. The first kappa shape index (κ1) is 14.4. The van der Waals surface area contributed by atoms with Gasteiger partial charge in [0.25, 0.3) is 11.6 Å². The van der Waals surface area contributed by atoms with E-state index in [0.29, 0.717) is 11.1 Å². The Bertz CT molecular complexity index is 666. The van der Waals surface area contributed by atoms with Crippen molar-refractivity contribution in [2.24, 2.45) is 5.10 Å². The van der Waals surface area contributed by atoms with Gasteiger partial charge >= 0.3 is 0 Å². The molecule has 0 aromatic heterocycles. The predicted molar refractivity (Wildman–Crippen MR) is 79.2 cm³/mol. The zero-order chi connectivity index (χ0) is 15.2. The number of amides is 1. The van der Waals surface area contributed by atoms with E-state index in [4.69, 9.17) is 0 Å². The molecular weight excluding hydrogens is 270 g/mol. The van der Waals surface area contributed by atoms with Crippen LogP contribution in [0.1, 0.15) is 15.9 Å². The molecule has 0 aliphatic carbocycles. The van der Waals surface area contributed by atoms with Gasteiger partial charge in [-0.15, -0.1) is 0 Å². The van der Waals surface area contributed by atoms with Crippen LogP contribution in [0.15, 0.2) is 59.7 Å². The molecule has 0 atom stereocenters. The van der Waals surface area contributed by atoms with Crippen molar-refractivity contribution in [3.05, 3.63) is 75.8 Å². The van der Waals surface area contributed by atoms with Crippen LogP contribution in [0.3, 0.4) is 0 Å². The van der Waals surface area contributed by atoms with Crippen LogP contribution in [-0.4, -0.2) is 29.1 Å². The van der Waals surface area contributed by atoms with Gasteiger partial charge in [0.2, 0.25) is 0 Å². The number of hydrogen-bond donors (Lipinski definition) is 0. The van der Waals surface area contributed by atoms with Crippen molar-refractivity contribution in [3.63, 3.8) is 0 Å². The fourth-order valence-corrected chi connectivity index (χ4v) is 1.66. The number of non-ortho nitro benzene ring substituents is 1. The van der Waals surface area contributed by atoms with E-state index in [-0.39, 0.29) is 11.6 Å². The van der Waals surface area contributed by atoms with Crippen LogP contribution >= 0.6 is 0 Å². The zero-order valence-electron chi connectivity index (χ0n) is 11.3. The first-order chi connectivity index (χ1) is 10.1. The summed E-state index contributed by atoms with van der Waals surface area (Å²) in [7, 11) is 1.55. The number of carbonyl (C=O) groups is 1. The zero-order valence-corrected chi connectivity index (χ0v) is 11.3. The average molecular weight is 283 g/mol. The second-order valence-electron chi connectivity index (χ2n) is 4.29. The van der Waals surface area contributed by atoms with E-state index in [1.165, 1.54) is 23.4 Å². The second-order valence-corrected chi connectivity index (χ2v) is 4.29. The van der Waals surface area contributed by atoms with Gasteiger partial charge in [0.05, 0.1) is 11.1 Å². The highest BCUT2D eigenvalue weighted by atomic mass is 16.6. The van der Waals surface area contributed by atoms with E-state index >= 15 is 0 Å². The maximum Gasteiger partial charge on any atom is 0.273 e. The summed E-state index contributed by atoms with van der Waals surface area (Å²) < 4.78 is 0. The van der Waals surface area contributed by atoms with Gasteiger partial charge in [0, 0.05) is 24.7 Å². The van der Waals surface area contributed by atoms with Crippen LogP contribution in [0, 0.1) is 10.1 Å². The smallest absolute Gasteiger partial charge is 0.267 e. The Morgan fingerprint density at radius 2 is 1.76 bits per heavy atom. The van der Waals surface area contributed by atoms with Crippen molar-refractivity contribution >= 4 is 17.8 Å². The Labute approximate surface area is 121 Å². The molecule has 0 aliphatic heterocycles. The van der Waals surface area contributed by atoms with E-state index in [0.717, 1.165) is 0 Å². The molecule has 0 bridgehead atoms. The number of carbonyl (C=O) groups excluding carboxylic acids is 1. The number of nitro benzene ring substituents is 1. The first-order valence-electron chi connectivity index (χ1n) is 6.19. The molecule has 1 amide bonds. The Hall–Kier alpha value is -3.02. The van der Waals surface area contributed by atoms with Crippen LogP contribution in [0.4, 0.5) is 5.69 Å². The number of hydrazone groups is 1. The number of nitro groups is 1. The Kier molecular flexibility index (Phi) is 4.40. The third kappa shape index (κ3) is 3.73. The van der Waals surface area contributed by atoms with Crippen molar-refractivity contribution in [1.29, 1.82) is 0 Å². The summed E-state index contributed by atoms with van der Waals surface area (Å²) >= 11 is 0. The van der Waals surface area contributed by atoms with E-state index in [2.05, 4.69) is 5.10 Å². The van der Waals surface area contributed by atoms with E-state index in [9.17, 15) is 14.9 Å². The molecule has 0 fully saturated rings. The van der Waals surface area contributed by atoms with Gasteiger partial charge in [-0.25, -0.2) is 5.01 Å². The molecule has 6 heteroatoms. The quantitative estimate of drug-likeness (QED) is 0.492. The lowest BCUT2D eigenvalue weighted by Gasteiger charge is -2.10. The molecule has 0 saturated carbocycles. The van der Waals surface area contributed by atoms with Crippen molar-refractivity contribution < 1.29 is 9.72 Å². The van der Waals surface area contributed by atoms with Gasteiger partial charge in [-0.05, 0) is 29.8 Å². The number of rotatable bonds is 4. The Balaban J connectivity index is 2.06. The highest BCUT2D eigenvalue weighted by Gasteiger charge is 2.09. The van der Waals surface area contributed by atoms with E-state index in [1.54, 1.807) is 43.4 Å². The molecular formula is C15H13N3O3. The van der Waals surface area contributed by atoms with E-state index < -0.39 is 4.92 Å². The van der Waals surface area contributed by atoms with Gasteiger partial charge < -0.3 is 0 Å². The molecule has 0 spiro atoms. The normalized spacial score (nSPS) is 10.5. The van der Waals surface area contributed by atoms with Crippen molar-refractivity contribution in [2.45, 2.75) is 0 Å². The highest BCUT2D eigenvalue weighted by Crippen LogP contribution is 2.11. The van der Waals surface area contributed by atoms with Gasteiger partial charge in [0.1, 0.15) is 0 Å². The fraction of sp³-hybridized carbons (Fsp3) is 0.0667. The summed E-state index contributed by atoms with van der Waals surface area (Å²) in [5.41, 5.74) is 1.23. The van der Waals surface area contributed by atoms with Gasteiger partial charge in [-0.3, -0.25) is 14.9 Å². The first-order valence-corrected chi connectivity index (χ1v) is 6.19. The molecule has 2 aromatic carbocycles. The van der Waals surface area contributed by atoms with Gasteiger partial charge in [-0.2, -0.15) is 5.10 Å². The van der Waals surface area contributed by atoms with Gasteiger partial charge in [0.15, 0.2) is 0 Å². The second kappa shape index (κ2) is 6.42. The molecule has 0 aliphatic rings. The minimum Gasteiger partial charge on any atom is -0.267 e. The van der Waals surface area contributed by atoms with Crippen molar-refractivity contribution in [1.82, 2.24) is 5.01 Å². The molecule has 106 valence electrons.